The molecule has 0 aliphatic carbocycles. The minimum absolute atomic E-state index is 0. The second kappa shape index (κ2) is 9.77. The maximum absolute atomic E-state index is 13.2. The lowest BCUT2D eigenvalue weighted by atomic mass is 10.1. The van der Waals surface area contributed by atoms with E-state index in [1.807, 2.05) is 13.8 Å². The normalized spacial score (nSPS) is 18.3. The first-order valence-corrected chi connectivity index (χ1v) is 8.27. The highest BCUT2D eigenvalue weighted by Gasteiger charge is 2.42. The Balaban J connectivity index is 0.00000312. The SMILES string of the molecule is CCCOc1ccc(NC(=O)C2CC(F)(F)CN2)cc1OCCC.Cl. The van der Waals surface area contributed by atoms with Gasteiger partial charge in [-0.3, -0.25) is 10.1 Å². The van der Waals surface area contributed by atoms with Crippen molar-refractivity contribution in [2.75, 3.05) is 25.1 Å². The number of alkyl halides is 2. The highest BCUT2D eigenvalue weighted by atomic mass is 35.5. The van der Waals surface area contributed by atoms with Gasteiger partial charge < -0.3 is 14.8 Å². The molecular formula is C17H25ClF2N2O3. The van der Waals surface area contributed by atoms with Crippen molar-refractivity contribution in [1.82, 2.24) is 5.32 Å². The van der Waals surface area contributed by atoms with Gasteiger partial charge in [-0.25, -0.2) is 8.78 Å². The van der Waals surface area contributed by atoms with Gasteiger partial charge in [-0.05, 0) is 25.0 Å². The molecule has 1 unspecified atom stereocenters. The van der Waals surface area contributed by atoms with E-state index in [1.54, 1.807) is 18.2 Å². The fourth-order valence-corrected chi connectivity index (χ4v) is 2.37. The van der Waals surface area contributed by atoms with Crippen LogP contribution in [0.4, 0.5) is 14.5 Å². The molecule has 0 radical (unpaired) electrons. The lowest BCUT2D eigenvalue weighted by Crippen LogP contribution is -2.35. The van der Waals surface area contributed by atoms with Crippen LogP contribution in [0.15, 0.2) is 18.2 Å². The molecule has 1 aliphatic rings. The average molecular weight is 379 g/mol. The molecule has 142 valence electrons. The topological polar surface area (TPSA) is 59.6 Å². The van der Waals surface area contributed by atoms with Crippen LogP contribution in [0, 0.1) is 0 Å². The molecule has 1 atom stereocenters. The summed E-state index contributed by atoms with van der Waals surface area (Å²) in [6.07, 6.45) is 1.22. The van der Waals surface area contributed by atoms with Gasteiger partial charge in [0.1, 0.15) is 0 Å². The van der Waals surface area contributed by atoms with E-state index in [9.17, 15) is 13.6 Å². The van der Waals surface area contributed by atoms with Gasteiger partial charge in [-0.1, -0.05) is 13.8 Å². The van der Waals surface area contributed by atoms with E-state index in [2.05, 4.69) is 10.6 Å². The number of ether oxygens (including phenoxy) is 2. The molecule has 0 aromatic heterocycles. The summed E-state index contributed by atoms with van der Waals surface area (Å²) in [5, 5.41) is 5.19. The first kappa shape index (κ1) is 21.4. The summed E-state index contributed by atoms with van der Waals surface area (Å²) in [5.41, 5.74) is 0.493. The molecule has 1 heterocycles. The zero-order valence-electron chi connectivity index (χ0n) is 14.4. The van der Waals surface area contributed by atoms with Crippen LogP contribution in [0.5, 0.6) is 11.5 Å². The van der Waals surface area contributed by atoms with Gasteiger partial charge in [0.25, 0.3) is 5.92 Å². The lowest BCUT2D eigenvalue weighted by molar-refractivity contribution is -0.118. The number of rotatable bonds is 8. The fraction of sp³-hybridized carbons (Fsp3) is 0.588. The van der Waals surface area contributed by atoms with E-state index >= 15 is 0 Å². The van der Waals surface area contributed by atoms with Gasteiger partial charge >= 0.3 is 0 Å². The number of hydrogen-bond acceptors (Lipinski definition) is 4. The van der Waals surface area contributed by atoms with Crippen molar-refractivity contribution in [3.63, 3.8) is 0 Å². The molecule has 8 heteroatoms. The number of carbonyl (C=O) groups excluding carboxylic acids is 1. The Morgan fingerprint density at radius 2 is 1.88 bits per heavy atom. The molecule has 1 amide bonds. The first-order valence-electron chi connectivity index (χ1n) is 8.27. The molecule has 1 aliphatic heterocycles. The Kier molecular flexibility index (Phi) is 8.38. The summed E-state index contributed by atoms with van der Waals surface area (Å²) in [4.78, 5) is 12.1. The van der Waals surface area contributed by atoms with Gasteiger partial charge in [0.15, 0.2) is 11.5 Å². The number of anilines is 1. The lowest BCUT2D eigenvalue weighted by Gasteiger charge is -2.15. The molecule has 0 spiro atoms. The quantitative estimate of drug-likeness (QED) is 0.725. The van der Waals surface area contributed by atoms with E-state index in [4.69, 9.17) is 9.47 Å². The van der Waals surface area contributed by atoms with Crippen molar-refractivity contribution in [2.45, 2.75) is 45.1 Å². The number of nitrogens with one attached hydrogen (secondary N) is 2. The minimum Gasteiger partial charge on any atom is -0.490 e. The summed E-state index contributed by atoms with van der Waals surface area (Å²) in [7, 11) is 0. The first-order chi connectivity index (χ1) is 11.4. The van der Waals surface area contributed by atoms with Crippen LogP contribution in [0.2, 0.25) is 0 Å². The number of amides is 1. The third kappa shape index (κ3) is 6.32. The molecule has 0 saturated carbocycles. The van der Waals surface area contributed by atoms with Gasteiger partial charge in [0, 0.05) is 18.2 Å². The largest absolute Gasteiger partial charge is 0.490 e. The van der Waals surface area contributed by atoms with Crippen molar-refractivity contribution in [3.8, 4) is 11.5 Å². The summed E-state index contributed by atoms with van der Waals surface area (Å²) in [6.45, 7) is 4.61. The Bertz CT molecular complexity index is 573. The van der Waals surface area contributed by atoms with Gasteiger partial charge in [-0.15, -0.1) is 12.4 Å². The highest BCUT2D eigenvalue weighted by Crippen LogP contribution is 2.31. The van der Waals surface area contributed by atoms with E-state index < -0.39 is 30.8 Å². The van der Waals surface area contributed by atoms with Crippen LogP contribution in [-0.4, -0.2) is 37.6 Å². The molecule has 1 saturated heterocycles. The van der Waals surface area contributed by atoms with E-state index in [0.717, 1.165) is 12.8 Å². The van der Waals surface area contributed by atoms with E-state index in [0.29, 0.717) is 30.4 Å². The number of carbonyl (C=O) groups is 1. The number of benzene rings is 1. The number of halogens is 3. The van der Waals surface area contributed by atoms with Crippen molar-refractivity contribution in [3.05, 3.63) is 18.2 Å². The Morgan fingerprint density at radius 3 is 2.44 bits per heavy atom. The molecule has 1 aromatic rings. The molecule has 5 nitrogen and oxygen atoms in total. The van der Waals surface area contributed by atoms with Crippen LogP contribution in [0.25, 0.3) is 0 Å². The van der Waals surface area contributed by atoms with E-state index in [1.165, 1.54) is 0 Å². The molecule has 2 N–H and O–H groups in total. The summed E-state index contributed by atoms with van der Waals surface area (Å²) in [6, 6.07) is 4.16. The van der Waals surface area contributed by atoms with Crippen LogP contribution >= 0.6 is 12.4 Å². The van der Waals surface area contributed by atoms with Crippen LogP contribution < -0.4 is 20.1 Å². The van der Waals surface area contributed by atoms with Gasteiger partial charge in [0.05, 0.1) is 25.8 Å². The molecule has 1 aromatic carbocycles. The smallest absolute Gasteiger partial charge is 0.262 e. The molecule has 25 heavy (non-hydrogen) atoms. The number of hydrogen-bond donors (Lipinski definition) is 2. The summed E-state index contributed by atoms with van der Waals surface area (Å²) >= 11 is 0. The summed E-state index contributed by atoms with van der Waals surface area (Å²) < 4.78 is 37.7. The zero-order chi connectivity index (χ0) is 17.6. The molecule has 2 rings (SSSR count). The zero-order valence-corrected chi connectivity index (χ0v) is 15.3. The molecule has 0 bridgehead atoms. The van der Waals surface area contributed by atoms with Gasteiger partial charge in [0.2, 0.25) is 5.91 Å². The maximum Gasteiger partial charge on any atom is 0.262 e. The predicted molar refractivity (Wildman–Crippen MR) is 95.2 cm³/mol. The van der Waals surface area contributed by atoms with Crippen LogP contribution in [0.1, 0.15) is 33.1 Å². The predicted octanol–water partition coefficient (Wildman–Crippen LogP) is 3.62. The highest BCUT2D eigenvalue weighted by molar-refractivity contribution is 5.95. The average Bonchev–Trinajstić information content (AvgIpc) is 2.92. The maximum atomic E-state index is 13.2. The van der Waals surface area contributed by atoms with Crippen molar-refractivity contribution in [2.24, 2.45) is 0 Å². The standard InChI is InChI=1S/C17H24F2N2O3.ClH/c1-3-7-23-14-6-5-12(9-15(14)24-8-4-2)21-16(22)13-10-17(18,19)11-20-13;/h5-6,9,13,20H,3-4,7-8,10-11H2,1-2H3,(H,21,22);1H. The summed E-state index contributed by atoms with van der Waals surface area (Å²) in [5.74, 6) is -2.17. The van der Waals surface area contributed by atoms with Crippen molar-refractivity contribution >= 4 is 24.0 Å². The third-order valence-electron chi connectivity index (χ3n) is 3.56. The van der Waals surface area contributed by atoms with Crippen LogP contribution in [-0.2, 0) is 4.79 Å². The Hall–Kier alpha value is -1.60. The van der Waals surface area contributed by atoms with Crippen molar-refractivity contribution < 1.29 is 23.0 Å². The van der Waals surface area contributed by atoms with Crippen LogP contribution in [0.3, 0.4) is 0 Å². The molecular weight excluding hydrogens is 354 g/mol. The fourth-order valence-electron chi connectivity index (χ4n) is 2.37. The monoisotopic (exact) mass is 378 g/mol. The molecule has 1 fully saturated rings. The van der Waals surface area contributed by atoms with Gasteiger partial charge in [-0.2, -0.15) is 0 Å². The third-order valence-corrected chi connectivity index (χ3v) is 3.56. The second-order valence-corrected chi connectivity index (χ2v) is 5.84. The Morgan fingerprint density at radius 1 is 1.24 bits per heavy atom. The Labute approximate surface area is 152 Å². The second-order valence-electron chi connectivity index (χ2n) is 5.84. The van der Waals surface area contributed by atoms with Crippen molar-refractivity contribution in [1.29, 1.82) is 0 Å². The van der Waals surface area contributed by atoms with E-state index in [-0.39, 0.29) is 12.4 Å². The minimum atomic E-state index is -2.84.